The van der Waals surface area contributed by atoms with Crippen molar-refractivity contribution in [3.05, 3.63) is 106 Å². The molecule has 0 aliphatic carbocycles. The summed E-state index contributed by atoms with van der Waals surface area (Å²) in [5.74, 6) is 0.0990. The molecule has 1 saturated heterocycles. The maximum atomic E-state index is 13.5. The van der Waals surface area contributed by atoms with Crippen molar-refractivity contribution < 1.29 is 14.3 Å². The number of ether oxygens (including phenoxy) is 1. The molecule has 1 fully saturated rings. The van der Waals surface area contributed by atoms with Crippen LogP contribution in [0.2, 0.25) is 0 Å². The van der Waals surface area contributed by atoms with Crippen LogP contribution < -0.4 is 5.69 Å². The van der Waals surface area contributed by atoms with Gasteiger partial charge in [0, 0.05) is 56.8 Å². The van der Waals surface area contributed by atoms with E-state index < -0.39 is 0 Å². The van der Waals surface area contributed by atoms with Gasteiger partial charge in [0.2, 0.25) is 0 Å². The fourth-order valence-corrected chi connectivity index (χ4v) is 6.35. The zero-order chi connectivity index (χ0) is 29.1. The van der Waals surface area contributed by atoms with Crippen LogP contribution in [0.3, 0.4) is 0 Å². The van der Waals surface area contributed by atoms with E-state index in [1.807, 2.05) is 59.2 Å². The Kier molecular flexibility index (Phi) is 9.72. The average Bonchev–Trinajstić information content (AvgIpc) is 3.19. The minimum Gasteiger partial charge on any atom is -0.448 e. The van der Waals surface area contributed by atoms with E-state index in [-0.39, 0.29) is 43.1 Å². The van der Waals surface area contributed by atoms with Crippen LogP contribution in [-0.4, -0.2) is 56.5 Å². The lowest BCUT2D eigenvalue weighted by atomic mass is 10.0. The zero-order valence-corrected chi connectivity index (χ0v) is 25.7. The number of piperidine rings is 1. The number of aromatic nitrogens is 2. The fourth-order valence-electron chi connectivity index (χ4n) is 6.35. The van der Waals surface area contributed by atoms with Gasteiger partial charge in [-0.3, -0.25) is 18.8 Å². The molecule has 3 heterocycles. The first kappa shape index (κ1) is 30.6. The van der Waals surface area contributed by atoms with Crippen molar-refractivity contribution in [1.82, 2.24) is 18.9 Å². The van der Waals surface area contributed by atoms with Crippen molar-refractivity contribution in [3.8, 4) is 0 Å². The van der Waals surface area contributed by atoms with Crippen molar-refractivity contribution in [1.29, 1.82) is 0 Å². The number of hydrogen-bond donors (Lipinski definition) is 0. The van der Waals surface area contributed by atoms with E-state index in [1.165, 1.54) is 11.1 Å². The second-order valence-corrected chi connectivity index (χ2v) is 11.5. The normalized spacial score (nSPS) is 16.1. The Labute approximate surface area is 259 Å². The number of Topliss-reactive ketones (excluding diaryl/α,β-unsaturated/α-hetero) is 1. The maximum absolute atomic E-state index is 13.5. The Morgan fingerprint density at radius 2 is 1.51 bits per heavy atom. The van der Waals surface area contributed by atoms with Crippen molar-refractivity contribution in [3.63, 3.8) is 0 Å². The number of imidazole rings is 1. The first-order valence-electron chi connectivity index (χ1n) is 15.0. The number of ketones is 1. The number of para-hydroxylation sites is 1. The lowest BCUT2D eigenvalue weighted by Gasteiger charge is -2.33. The summed E-state index contributed by atoms with van der Waals surface area (Å²) in [6.45, 7) is 5.51. The number of benzene rings is 3. The third kappa shape index (κ3) is 6.58. The quantitative estimate of drug-likeness (QED) is 0.257. The van der Waals surface area contributed by atoms with Crippen molar-refractivity contribution >= 4 is 36.4 Å². The van der Waals surface area contributed by atoms with Gasteiger partial charge < -0.3 is 9.64 Å². The summed E-state index contributed by atoms with van der Waals surface area (Å²) in [5, 5.41) is 0. The first-order valence-corrected chi connectivity index (χ1v) is 15.0. The van der Waals surface area contributed by atoms with Crippen LogP contribution in [0.25, 0.3) is 11.0 Å². The molecule has 9 heteroatoms. The summed E-state index contributed by atoms with van der Waals surface area (Å²) in [5.41, 5.74) is 4.60. The Morgan fingerprint density at radius 1 is 0.884 bits per heavy atom. The molecule has 8 nitrogen and oxygen atoms in total. The molecule has 0 bridgehead atoms. The molecule has 2 aliphatic heterocycles. The van der Waals surface area contributed by atoms with Gasteiger partial charge in [-0.1, -0.05) is 66.7 Å². The summed E-state index contributed by atoms with van der Waals surface area (Å²) in [6.07, 6.45) is 2.15. The van der Waals surface area contributed by atoms with E-state index >= 15 is 0 Å². The maximum Gasteiger partial charge on any atom is 0.409 e. The predicted octanol–water partition coefficient (Wildman–Crippen LogP) is 5.76. The van der Waals surface area contributed by atoms with Gasteiger partial charge >= 0.3 is 11.8 Å². The van der Waals surface area contributed by atoms with E-state index in [0.29, 0.717) is 57.5 Å². The fraction of sp³-hybridized carbons (Fsp3) is 0.382. The van der Waals surface area contributed by atoms with E-state index in [1.54, 1.807) is 9.47 Å². The molecule has 0 unspecified atom stereocenters. The molecule has 0 radical (unpaired) electrons. The highest BCUT2D eigenvalue weighted by Crippen LogP contribution is 2.29. The van der Waals surface area contributed by atoms with Crippen LogP contribution in [0.4, 0.5) is 4.79 Å². The van der Waals surface area contributed by atoms with Gasteiger partial charge in [0.05, 0.1) is 11.0 Å². The van der Waals surface area contributed by atoms with Crippen molar-refractivity contribution in [2.75, 3.05) is 19.7 Å². The van der Waals surface area contributed by atoms with Crippen LogP contribution >= 0.6 is 13.5 Å². The molecule has 0 saturated carbocycles. The Hall–Kier alpha value is -3.82. The van der Waals surface area contributed by atoms with E-state index in [0.717, 1.165) is 24.1 Å². The number of amides is 1. The Bertz CT molecular complexity index is 1570. The van der Waals surface area contributed by atoms with Crippen molar-refractivity contribution in [2.45, 2.75) is 64.3 Å². The minimum absolute atomic E-state index is 0. The highest BCUT2D eigenvalue weighted by atomic mass is 32.1. The smallest absolute Gasteiger partial charge is 0.409 e. The van der Waals surface area contributed by atoms with Crippen LogP contribution in [0.1, 0.15) is 60.1 Å². The SMILES string of the molecule is C[C@@H](COC(=O)N1CCC(n2c(=O)n3c4c(cccc42)C(=O)CCC3)CC1)N(Cc1ccccc1)Cc1ccccc1.S. The molecule has 226 valence electrons. The number of likely N-dealkylation sites (tertiary alicyclic amines) is 1. The molecular weight excluding hydrogens is 560 g/mol. The van der Waals surface area contributed by atoms with Crippen LogP contribution in [0.5, 0.6) is 0 Å². The lowest BCUT2D eigenvalue weighted by Crippen LogP contribution is -2.43. The van der Waals surface area contributed by atoms with Gasteiger partial charge in [0.25, 0.3) is 0 Å². The third-order valence-corrected chi connectivity index (χ3v) is 8.68. The molecule has 1 amide bonds. The number of hydrogen-bond acceptors (Lipinski definition) is 5. The average molecular weight is 601 g/mol. The Balaban J connectivity index is 0.00000368. The molecule has 6 rings (SSSR count). The molecule has 1 atom stereocenters. The second kappa shape index (κ2) is 13.7. The predicted molar refractivity (Wildman–Crippen MR) is 173 cm³/mol. The summed E-state index contributed by atoms with van der Waals surface area (Å²) < 4.78 is 9.47. The molecule has 3 aromatic carbocycles. The zero-order valence-electron chi connectivity index (χ0n) is 24.7. The number of carbonyl (C=O) groups excluding carboxylic acids is 2. The molecular formula is C34H40N4O4S. The Morgan fingerprint density at radius 3 is 2.14 bits per heavy atom. The summed E-state index contributed by atoms with van der Waals surface area (Å²) in [7, 11) is 0. The van der Waals surface area contributed by atoms with Gasteiger partial charge in [-0.25, -0.2) is 9.59 Å². The van der Waals surface area contributed by atoms with Gasteiger partial charge in [0.1, 0.15) is 6.61 Å². The molecule has 43 heavy (non-hydrogen) atoms. The number of carbonyl (C=O) groups is 2. The summed E-state index contributed by atoms with van der Waals surface area (Å²) >= 11 is 0. The van der Waals surface area contributed by atoms with Crippen LogP contribution in [-0.2, 0) is 24.4 Å². The summed E-state index contributed by atoms with van der Waals surface area (Å²) in [4.78, 5) is 43.3. The highest BCUT2D eigenvalue weighted by molar-refractivity contribution is 7.59. The monoisotopic (exact) mass is 600 g/mol. The minimum atomic E-state index is -0.309. The number of aryl methyl sites for hydroxylation is 1. The number of nitrogens with zero attached hydrogens (tertiary/aromatic N) is 4. The van der Waals surface area contributed by atoms with E-state index in [9.17, 15) is 14.4 Å². The summed E-state index contributed by atoms with van der Waals surface area (Å²) in [6, 6.07) is 26.3. The molecule has 1 aromatic heterocycles. The van der Waals surface area contributed by atoms with Crippen LogP contribution in [0.15, 0.2) is 83.7 Å². The van der Waals surface area contributed by atoms with E-state index in [4.69, 9.17) is 4.74 Å². The standard InChI is InChI=1S/C34H38N4O4.H2S/c1-25(36(22-26-10-4-2-5-11-26)23-27-12-6-3-7-13-27)24-42-34(41)35-20-17-28(18-21-35)38-30-15-8-14-29-31(39)16-9-19-37(32(29)30)33(38)40;/h2-8,10-15,25,28H,9,16-24H2,1H3;1H2/t25-;/m0./s1. The molecule has 0 spiro atoms. The second-order valence-electron chi connectivity index (χ2n) is 11.5. The number of rotatable bonds is 8. The van der Waals surface area contributed by atoms with E-state index in [2.05, 4.69) is 36.1 Å². The third-order valence-electron chi connectivity index (χ3n) is 8.68. The van der Waals surface area contributed by atoms with Gasteiger partial charge in [0.15, 0.2) is 5.78 Å². The lowest BCUT2D eigenvalue weighted by molar-refractivity contribution is 0.0567. The molecule has 2 aliphatic rings. The van der Waals surface area contributed by atoms with Gasteiger partial charge in [-0.05, 0) is 49.4 Å². The van der Waals surface area contributed by atoms with Gasteiger partial charge in [-0.15, -0.1) is 0 Å². The topological polar surface area (TPSA) is 76.8 Å². The molecule has 0 N–H and O–H groups in total. The first-order chi connectivity index (χ1) is 20.5. The molecule has 4 aromatic rings. The largest absolute Gasteiger partial charge is 0.448 e. The highest BCUT2D eigenvalue weighted by Gasteiger charge is 2.30. The van der Waals surface area contributed by atoms with Crippen LogP contribution in [0, 0.1) is 0 Å². The van der Waals surface area contributed by atoms with Gasteiger partial charge in [-0.2, -0.15) is 13.5 Å². The van der Waals surface area contributed by atoms with Crippen molar-refractivity contribution in [2.24, 2.45) is 0 Å².